The van der Waals surface area contributed by atoms with E-state index < -0.39 is 14.2 Å². The maximum Gasteiger partial charge on any atom is 0.331 e. The Kier molecular flexibility index (Phi) is 6.20. The largest absolute Gasteiger partial charge is 0.478 e. The third-order valence-electron chi connectivity index (χ3n) is 4.68. The van der Waals surface area contributed by atoms with Gasteiger partial charge in [0, 0.05) is 22.9 Å². The molecule has 0 spiro atoms. The molecule has 0 saturated heterocycles. The number of carboxylic acids is 1. The van der Waals surface area contributed by atoms with Gasteiger partial charge in [0.15, 0.2) is 8.24 Å². The number of hydrogen-bond acceptors (Lipinski definition) is 2. The molecular weight excluding hydrogens is 294 g/mol. The average Bonchev–Trinajstić information content (AvgIpc) is 2.90. The van der Waals surface area contributed by atoms with E-state index in [0.29, 0.717) is 25.2 Å². The Morgan fingerprint density at radius 3 is 2.55 bits per heavy atom. The van der Waals surface area contributed by atoms with Crippen molar-refractivity contribution in [1.29, 1.82) is 0 Å². The van der Waals surface area contributed by atoms with Gasteiger partial charge < -0.3 is 14.1 Å². The molecule has 1 aromatic rings. The molecule has 0 bridgehead atoms. The number of carbonyl (C=O) groups is 1. The molecule has 5 heteroatoms. The normalized spacial score (nSPS) is 13.5. The van der Waals surface area contributed by atoms with Gasteiger partial charge >= 0.3 is 5.97 Å². The fraction of sp³-hybridized carbons (Fsp3) is 0.588. The monoisotopic (exact) mass is 323 g/mol. The summed E-state index contributed by atoms with van der Waals surface area (Å²) in [7, 11) is -1.90. The Morgan fingerprint density at radius 1 is 1.41 bits per heavy atom. The molecule has 1 N–H and O–H groups in total. The van der Waals surface area contributed by atoms with Gasteiger partial charge in [0.05, 0.1) is 6.61 Å². The zero-order valence-corrected chi connectivity index (χ0v) is 15.6. The predicted octanol–water partition coefficient (Wildman–Crippen LogP) is 4.24. The summed E-state index contributed by atoms with van der Waals surface area (Å²) < 4.78 is 7.96. The number of rotatable bonds is 8. The molecule has 0 aliphatic carbocycles. The number of hydrogen-bond donors (Lipinski definition) is 1. The van der Waals surface area contributed by atoms with Crippen molar-refractivity contribution in [3.05, 3.63) is 29.6 Å². The SMILES string of the molecule is CCOCC(C)(C)[Si](C)(C)n1cccc1/C=C(\CC)C(=O)O. The molecule has 22 heavy (non-hydrogen) atoms. The highest BCUT2D eigenvalue weighted by molar-refractivity contribution is 6.79. The highest BCUT2D eigenvalue weighted by Crippen LogP contribution is 2.39. The molecule has 1 aromatic heterocycles. The molecule has 124 valence electrons. The van der Waals surface area contributed by atoms with Crippen LogP contribution in [0, 0.1) is 0 Å². The van der Waals surface area contributed by atoms with Gasteiger partial charge in [-0.05, 0) is 37.8 Å². The van der Waals surface area contributed by atoms with Crippen molar-refractivity contribution in [2.75, 3.05) is 13.2 Å². The summed E-state index contributed by atoms with van der Waals surface area (Å²) in [5.74, 6) is -0.844. The Hall–Kier alpha value is -1.33. The van der Waals surface area contributed by atoms with Crippen LogP contribution in [0.1, 0.15) is 39.8 Å². The third-order valence-corrected chi connectivity index (χ3v) is 9.75. The Balaban J connectivity index is 3.23. The van der Waals surface area contributed by atoms with E-state index in [1.165, 1.54) is 0 Å². The highest BCUT2D eigenvalue weighted by atomic mass is 28.3. The fourth-order valence-electron chi connectivity index (χ4n) is 2.37. The Morgan fingerprint density at radius 2 is 2.05 bits per heavy atom. The lowest BCUT2D eigenvalue weighted by Crippen LogP contribution is -2.49. The smallest absolute Gasteiger partial charge is 0.331 e. The highest BCUT2D eigenvalue weighted by Gasteiger charge is 2.42. The van der Waals surface area contributed by atoms with E-state index in [4.69, 9.17) is 4.74 Å². The minimum Gasteiger partial charge on any atom is -0.478 e. The lowest BCUT2D eigenvalue weighted by atomic mass is 10.2. The van der Waals surface area contributed by atoms with Crippen molar-refractivity contribution in [3.63, 3.8) is 0 Å². The van der Waals surface area contributed by atoms with Gasteiger partial charge in [-0.25, -0.2) is 4.79 Å². The maximum atomic E-state index is 11.3. The minimum absolute atomic E-state index is 0.0419. The fourth-order valence-corrected chi connectivity index (χ4v) is 4.73. The van der Waals surface area contributed by atoms with Crippen LogP contribution in [0.2, 0.25) is 18.1 Å². The molecule has 0 aliphatic heterocycles. The van der Waals surface area contributed by atoms with E-state index in [-0.39, 0.29) is 5.04 Å². The number of carboxylic acid groups (broad SMARTS) is 1. The van der Waals surface area contributed by atoms with Crippen molar-refractivity contribution in [1.82, 2.24) is 4.23 Å². The van der Waals surface area contributed by atoms with Gasteiger partial charge in [-0.3, -0.25) is 0 Å². The molecule has 1 rings (SSSR count). The summed E-state index contributed by atoms with van der Waals surface area (Å²) >= 11 is 0. The Labute approximate surface area is 134 Å². The van der Waals surface area contributed by atoms with Crippen LogP contribution in [-0.2, 0) is 9.53 Å². The summed E-state index contributed by atoms with van der Waals surface area (Å²) in [5, 5.41) is 9.30. The molecule has 0 fully saturated rings. The topological polar surface area (TPSA) is 51.5 Å². The van der Waals surface area contributed by atoms with Crippen LogP contribution in [0.4, 0.5) is 0 Å². The van der Waals surface area contributed by atoms with Gasteiger partial charge in [0.2, 0.25) is 0 Å². The summed E-state index contributed by atoms with van der Waals surface area (Å²) in [6.07, 6.45) is 4.39. The second-order valence-corrected chi connectivity index (χ2v) is 11.7. The van der Waals surface area contributed by atoms with Crippen LogP contribution in [0.15, 0.2) is 23.9 Å². The van der Waals surface area contributed by atoms with Gasteiger partial charge in [0.1, 0.15) is 0 Å². The van der Waals surface area contributed by atoms with E-state index in [9.17, 15) is 9.90 Å². The van der Waals surface area contributed by atoms with E-state index in [0.717, 1.165) is 5.69 Å². The number of ether oxygens (including phenoxy) is 1. The van der Waals surface area contributed by atoms with Crippen LogP contribution in [0.5, 0.6) is 0 Å². The molecule has 0 atom stereocenters. The van der Waals surface area contributed by atoms with Crippen LogP contribution in [-0.4, -0.2) is 36.8 Å². The lowest BCUT2D eigenvalue weighted by Gasteiger charge is -2.41. The van der Waals surface area contributed by atoms with Crippen LogP contribution in [0.3, 0.4) is 0 Å². The molecule has 0 saturated carbocycles. The zero-order valence-electron chi connectivity index (χ0n) is 14.6. The van der Waals surface area contributed by atoms with Crippen LogP contribution >= 0.6 is 0 Å². The van der Waals surface area contributed by atoms with Crippen LogP contribution in [0.25, 0.3) is 6.08 Å². The summed E-state index contributed by atoms with van der Waals surface area (Å²) in [5.41, 5.74) is 1.41. The van der Waals surface area contributed by atoms with Gasteiger partial charge in [0.25, 0.3) is 0 Å². The summed E-state index contributed by atoms with van der Waals surface area (Å²) in [4.78, 5) is 11.3. The first kappa shape index (κ1) is 18.7. The van der Waals surface area contributed by atoms with E-state index in [1.807, 2.05) is 26.0 Å². The first-order valence-electron chi connectivity index (χ1n) is 7.86. The predicted molar refractivity (Wildman–Crippen MR) is 93.7 cm³/mol. The maximum absolute atomic E-state index is 11.3. The van der Waals surface area contributed by atoms with Crippen molar-refractivity contribution in [3.8, 4) is 0 Å². The zero-order chi connectivity index (χ0) is 17.0. The number of nitrogens with zero attached hydrogens (tertiary/aromatic N) is 1. The summed E-state index contributed by atoms with van der Waals surface area (Å²) in [6, 6.07) is 3.98. The first-order chi connectivity index (χ1) is 10.2. The second kappa shape index (κ2) is 7.29. The molecule has 0 radical (unpaired) electrons. The van der Waals surface area contributed by atoms with Crippen molar-refractivity contribution in [2.24, 2.45) is 0 Å². The van der Waals surface area contributed by atoms with E-state index in [2.05, 4.69) is 37.4 Å². The standard InChI is InChI=1S/C17H29NO3Si/c1-7-14(16(19)20)12-15-10-9-11-18(15)22(5,6)17(3,4)13-21-8-2/h9-12H,7-8,13H2,1-6H3,(H,19,20)/b14-12+. The molecule has 0 aromatic carbocycles. The van der Waals surface area contributed by atoms with E-state index in [1.54, 1.807) is 6.08 Å². The first-order valence-corrected chi connectivity index (χ1v) is 10.8. The number of aliphatic carboxylic acids is 1. The van der Waals surface area contributed by atoms with E-state index >= 15 is 0 Å². The average molecular weight is 324 g/mol. The molecule has 4 nitrogen and oxygen atoms in total. The third kappa shape index (κ3) is 3.90. The van der Waals surface area contributed by atoms with Crippen molar-refractivity contribution < 1.29 is 14.6 Å². The Bertz CT molecular complexity index is 544. The van der Waals surface area contributed by atoms with Gasteiger partial charge in [-0.2, -0.15) is 0 Å². The lowest BCUT2D eigenvalue weighted by molar-refractivity contribution is -0.132. The second-order valence-electron chi connectivity index (χ2n) is 6.71. The minimum atomic E-state index is -1.90. The summed E-state index contributed by atoms with van der Waals surface area (Å²) in [6.45, 7) is 14.4. The molecule has 0 aliphatic rings. The van der Waals surface area contributed by atoms with Gasteiger partial charge in [-0.1, -0.05) is 33.9 Å². The quantitative estimate of drug-likeness (QED) is 0.575. The van der Waals surface area contributed by atoms with Gasteiger partial charge in [-0.15, -0.1) is 0 Å². The molecule has 0 unspecified atom stereocenters. The molecular formula is C17H29NO3Si. The van der Waals surface area contributed by atoms with Crippen molar-refractivity contribution >= 4 is 20.3 Å². The molecule has 1 heterocycles. The molecule has 0 amide bonds. The number of aromatic nitrogens is 1. The van der Waals surface area contributed by atoms with Crippen LogP contribution < -0.4 is 0 Å². The van der Waals surface area contributed by atoms with Crippen molar-refractivity contribution in [2.45, 2.75) is 52.2 Å².